The van der Waals surface area contributed by atoms with Crippen LogP contribution in [-0.2, 0) is 17.1 Å². The van der Waals surface area contributed by atoms with E-state index in [9.17, 15) is 8.42 Å². The minimum Gasteiger partial charge on any atom is -0.255 e. The highest BCUT2D eigenvalue weighted by molar-refractivity contribution is 7.89. The van der Waals surface area contributed by atoms with Crippen LogP contribution in [0.5, 0.6) is 0 Å². The van der Waals surface area contributed by atoms with Gasteiger partial charge >= 0.3 is 0 Å². The van der Waals surface area contributed by atoms with Crippen molar-refractivity contribution in [3.8, 4) is 12.3 Å². The SMILES string of the molecule is C#CCNS(=O)(=O)c1c(C)nn(C)c1Cl. The van der Waals surface area contributed by atoms with Gasteiger partial charge in [0.15, 0.2) is 0 Å². The van der Waals surface area contributed by atoms with Crippen LogP contribution in [0.4, 0.5) is 0 Å². The van der Waals surface area contributed by atoms with Crippen molar-refractivity contribution in [1.29, 1.82) is 0 Å². The molecule has 0 amide bonds. The Hall–Kier alpha value is -1.03. The molecule has 0 saturated heterocycles. The number of nitrogens with zero attached hydrogens (tertiary/aromatic N) is 2. The fraction of sp³-hybridized carbons (Fsp3) is 0.375. The van der Waals surface area contributed by atoms with Crippen molar-refractivity contribution in [2.75, 3.05) is 6.54 Å². The van der Waals surface area contributed by atoms with Gasteiger partial charge in [0.1, 0.15) is 10.0 Å². The number of nitrogens with one attached hydrogen (secondary N) is 1. The molecular formula is C8H10ClN3O2S. The second-order valence-electron chi connectivity index (χ2n) is 2.86. The standard InChI is InChI=1S/C8H10ClN3O2S/c1-4-5-10-15(13,14)7-6(2)11-12(3)8(7)9/h1,10H,5H2,2-3H3. The second kappa shape index (κ2) is 4.23. The number of hydrogen-bond donors (Lipinski definition) is 1. The van der Waals surface area contributed by atoms with E-state index in [1.165, 1.54) is 4.68 Å². The maximum atomic E-state index is 11.7. The van der Waals surface area contributed by atoms with E-state index >= 15 is 0 Å². The van der Waals surface area contributed by atoms with Gasteiger partial charge in [-0.15, -0.1) is 6.42 Å². The fourth-order valence-corrected chi connectivity index (χ4v) is 2.81. The lowest BCUT2D eigenvalue weighted by Gasteiger charge is -2.02. The van der Waals surface area contributed by atoms with Gasteiger partial charge in [0.25, 0.3) is 0 Å². The minimum atomic E-state index is -3.67. The summed E-state index contributed by atoms with van der Waals surface area (Å²) in [6.07, 6.45) is 4.96. The monoisotopic (exact) mass is 247 g/mol. The van der Waals surface area contributed by atoms with Gasteiger partial charge in [-0.2, -0.15) is 9.82 Å². The van der Waals surface area contributed by atoms with E-state index < -0.39 is 10.0 Å². The first kappa shape index (κ1) is 12.0. The van der Waals surface area contributed by atoms with Gasteiger partial charge in [-0.25, -0.2) is 8.42 Å². The molecule has 1 aromatic heterocycles. The molecule has 5 nitrogen and oxygen atoms in total. The molecule has 1 heterocycles. The summed E-state index contributed by atoms with van der Waals surface area (Å²) in [5.74, 6) is 2.18. The topological polar surface area (TPSA) is 64.0 Å². The molecule has 0 fully saturated rings. The average molecular weight is 248 g/mol. The van der Waals surface area contributed by atoms with E-state index in [2.05, 4.69) is 15.7 Å². The Morgan fingerprint density at radius 1 is 1.67 bits per heavy atom. The third kappa shape index (κ3) is 2.31. The van der Waals surface area contributed by atoms with Gasteiger partial charge in [-0.3, -0.25) is 4.68 Å². The molecule has 0 saturated carbocycles. The molecule has 0 unspecified atom stereocenters. The van der Waals surface area contributed by atoms with Gasteiger partial charge in [0, 0.05) is 7.05 Å². The Kier molecular flexibility index (Phi) is 3.39. The molecule has 0 spiro atoms. The Bertz CT molecular complexity index is 513. The molecule has 15 heavy (non-hydrogen) atoms. The summed E-state index contributed by atoms with van der Waals surface area (Å²) in [6, 6.07) is 0. The maximum absolute atomic E-state index is 11.7. The van der Waals surface area contributed by atoms with Crippen molar-refractivity contribution in [3.63, 3.8) is 0 Å². The normalized spacial score (nSPS) is 11.3. The fourth-order valence-electron chi connectivity index (χ4n) is 1.12. The summed E-state index contributed by atoms with van der Waals surface area (Å²) in [4.78, 5) is -0.0260. The summed E-state index contributed by atoms with van der Waals surface area (Å²) in [6.45, 7) is 1.49. The Morgan fingerprint density at radius 2 is 2.27 bits per heavy atom. The molecule has 0 aliphatic heterocycles. The molecule has 0 atom stereocenters. The van der Waals surface area contributed by atoms with Crippen molar-refractivity contribution < 1.29 is 8.42 Å². The van der Waals surface area contributed by atoms with E-state index in [1.807, 2.05) is 0 Å². The van der Waals surface area contributed by atoms with Crippen LogP contribution in [0.15, 0.2) is 4.90 Å². The van der Waals surface area contributed by atoms with Crippen LogP contribution in [0.2, 0.25) is 5.15 Å². The van der Waals surface area contributed by atoms with Gasteiger partial charge in [0.2, 0.25) is 10.0 Å². The van der Waals surface area contributed by atoms with E-state index in [-0.39, 0.29) is 16.6 Å². The van der Waals surface area contributed by atoms with E-state index in [1.54, 1.807) is 14.0 Å². The third-order valence-electron chi connectivity index (χ3n) is 1.73. The highest BCUT2D eigenvalue weighted by atomic mass is 35.5. The van der Waals surface area contributed by atoms with Crippen molar-refractivity contribution in [1.82, 2.24) is 14.5 Å². The first-order chi connectivity index (χ1) is 6.90. The quantitative estimate of drug-likeness (QED) is 0.781. The van der Waals surface area contributed by atoms with Crippen LogP contribution < -0.4 is 4.72 Å². The van der Waals surface area contributed by atoms with E-state index in [0.717, 1.165) is 0 Å². The molecule has 1 N–H and O–H groups in total. The van der Waals surface area contributed by atoms with Crippen LogP contribution in [0, 0.1) is 19.3 Å². The number of aryl methyl sites for hydroxylation is 2. The lowest BCUT2D eigenvalue weighted by Crippen LogP contribution is -2.24. The highest BCUT2D eigenvalue weighted by Crippen LogP contribution is 2.23. The van der Waals surface area contributed by atoms with Crippen molar-refractivity contribution in [2.45, 2.75) is 11.8 Å². The number of rotatable bonds is 3. The third-order valence-corrected chi connectivity index (χ3v) is 3.83. The molecule has 0 bridgehead atoms. The Labute approximate surface area is 93.5 Å². The lowest BCUT2D eigenvalue weighted by atomic mass is 10.5. The first-order valence-electron chi connectivity index (χ1n) is 4.02. The smallest absolute Gasteiger partial charge is 0.246 e. The largest absolute Gasteiger partial charge is 0.255 e. The van der Waals surface area contributed by atoms with Gasteiger partial charge in [-0.1, -0.05) is 17.5 Å². The zero-order valence-electron chi connectivity index (χ0n) is 8.28. The zero-order chi connectivity index (χ0) is 11.6. The molecule has 0 aliphatic carbocycles. The average Bonchev–Trinajstić information content (AvgIpc) is 2.38. The predicted molar refractivity (Wildman–Crippen MR) is 57.0 cm³/mol. The van der Waals surface area contributed by atoms with Crippen LogP contribution in [-0.4, -0.2) is 24.7 Å². The minimum absolute atomic E-state index is 0.0260. The summed E-state index contributed by atoms with van der Waals surface area (Å²) in [7, 11) is -2.11. The molecular weight excluding hydrogens is 238 g/mol. The lowest BCUT2D eigenvalue weighted by molar-refractivity contribution is 0.585. The molecule has 1 aromatic rings. The van der Waals surface area contributed by atoms with Crippen LogP contribution in [0.25, 0.3) is 0 Å². The molecule has 1 rings (SSSR count). The van der Waals surface area contributed by atoms with E-state index in [0.29, 0.717) is 5.69 Å². The number of sulfonamides is 1. The van der Waals surface area contributed by atoms with Gasteiger partial charge in [-0.05, 0) is 6.92 Å². The van der Waals surface area contributed by atoms with Crippen molar-refractivity contribution in [2.24, 2.45) is 7.05 Å². The maximum Gasteiger partial charge on any atom is 0.246 e. The molecule has 0 aliphatic rings. The van der Waals surface area contributed by atoms with Gasteiger partial charge in [0.05, 0.1) is 12.2 Å². The highest BCUT2D eigenvalue weighted by Gasteiger charge is 2.24. The van der Waals surface area contributed by atoms with Gasteiger partial charge < -0.3 is 0 Å². The van der Waals surface area contributed by atoms with Crippen molar-refractivity contribution in [3.05, 3.63) is 10.8 Å². The van der Waals surface area contributed by atoms with E-state index in [4.69, 9.17) is 18.0 Å². The Morgan fingerprint density at radius 3 is 2.67 bits per heavy atom. The summed E-state index contributed by atoms with van der Waals surface area (Å²) in [5, 5.41) is 3.97. The summed E-state index contributed by atoms with van der Waals surface area (Å²) < 4.78 is 26.9. The number of terminal acetylenes is 1. The molecule has 82 valence electrons. The zero-order valence-corrected chi connectivity index (χ0v) is 9.85. The predicted octanol–water partition coefficient (Wildman–Crippen LogP) is 0.293. The van der Waals surface area contributed by atoms with Crippen molar-refractivity contribution >= 4 is 21.6 Å². The molecule has 0 aromatic carbocycles. The summed E-state index contributed by atoms with van der Waals surface area (Å²) >= 11 is 5.81. The number of aromatic nitrogens is 2. The van der Waals surface area contributed by atoms with Crippen LogP contribution in [0.3, 0.4) is 0 Å². The molecule has 7 heteroatoms. The summed E-state index contributed by atoms with van der Waals surface area (Å²) in [5.41, 5.74) is 0.340. The molecule has 0 radical (unpaired) electrons. The number of halogens is 1. The second-order valence-corrected chi connectivity index (χ2v) is 4.92. The van der Waals surface area contributed by atoms with Crippen LogP contribution in [0.1, 0.15) is 5.69 Å². The number of hydrogen-bond acceptors (Lipinski definition) is 3. The first-order valence-corrected chi connectivity index (χ1v) is 5.88. The Balaban J connectivity index is 3.22. The van der Waals surface area contributed by atoms with Crippen LogP contribution >= 0.6 is 11.6 Å².